The van der Waals surface area contributed by atoms with Gasteiger partial charge >= 0.3 is 0 Å². The lowest BCUT2D eigenvalue weighted by molar-refractivity contribution is 0.196. The molecule has 0 aliphatic carbocycles. The molecule has 6 heteroatoms. The second kappa shape index (κ2) is 9.80. The van der Waals surface area contributed by atoms with Gasteiger partial charge < -0.3 is 15.4 Å². The van der Waals surface area contributed by atoms with Crippen LogP contribution in [0.4, 0.5) is 5.69 Å². The third kappa shape index (κ3) is 5.18. The fourth-order valence-corrected chi connectivity index (χ4v) is 3.28. The predicted molar refractivity (Wildman–Crippen MR) is 120 cm³/mol. The molecular weight excluding hydrogens is 362 g/mol. The SMILES string of the molecule is CNCCC(Oc1ccccc1N/C(C)=C1\C(=N)C=NN=C1C)c1ccccc1. The Hall–Kier alpha value is -3.25. The van der Waals surface area contributed by atoms with E-state index in [1.165, 1.54) is 6.21 Å². The molecule has 0 spiro atoms. The smallest absolute Gasteiger partial charge is 0.143 e. The van der Waals surface area contributed by atoms with E-state index in [4.69, 9.17) is 10.1 Å². The van der Waals surface area contributed by atoms with Crippen LogP contribution in [-0.2, 0) is 0 Å². The quantitative estimate of drug-likeness (QED) is 0.618. The van der Waals surface area contributed by atoms with E-state index in [2.05, 4.69) is 33.0 Å². The summed E-state index contributed by atoms with van der Waals surface area (Å²) in [6.07, 6.45) is 2.24. The van der Waals surface area contributed by atoms with E-state index in [9.17, 15) is 0 Å². The van der Waals surface area contributed by atoms with Gasteiger partial charge in [0.25, 0.3) is 0 Å². The summed E-state index contributed by atoms with van der Waals surface area (Å²) in [5.74, 6) is 0.767. The van der Waals surface area contributed by atoms with Crippen LogP contribution in [0.15, 0.2) is 76.1 Å². The molecule has 1 aliphatic rings. The van der Waals surface area contributed by atoms with E-state index in [-0.39, 0.29) is 6.10 Å². The first kappa shape index (κ1) is 20.5. The zero-order chi connectivity index (χ0) is 20.6. The van der Waals surface area contributed by atoms with E-state index in [0.717, 1.165) is 46.9 Å². The Labute approximate surface area is 171 Å². The van der Waals surface area contributed by atoms with E-state index < -0.39 is 0 Å². The fraction of sp³-hybridized carbons (Fsp3) is 0.261. The Morgan fingerprint density at radius 3 is 2.55 bits per heavy atom. The highest BCUT2D eigenvalue weighted by Gasteiger charge is 2.18. The summed E-state index contributed by atoms with van der Waals surface area (Å²) in [5.41, 5.74) is 4.65. The van der Waals surface area contributed by atoms with E-state index in [1.54, 1.807) is 0 Å². The highest BCUT2D eigenvalue weighted by atomic mass is 16.5. The lowest BCUT2D eigenvalue weighted by atomic mass is 10.0. The fourth-order valence-electron chi connectivity index (χ4n) is 3.28. The first-order valence-corrected chi connectivity index (χ1v) is 9.70. The summed E-state index contributed by atoms with van der Waals surface area (Å²) in [6, 6.07) is 18.1. The van der Waals surface area contributed by atoms with Crippen molar-refractivity contribution in [1.29, 1.82) is 5.41 Å². The minimum atomic E-state index is -0.0667. The number of nitrogens with one attached hydrogen (secondary N) is 3. The summed E-state index contributed by atoms with van der Waals surface area (Å²) >= 11 is 0. The molecular formula is C23H27N5O. The van der Waals surface area contributed by atoms with E-state index in [1.807, 2.05) is 63.4 Å². The van der Waals surface area contributed by atoms with Crippen LogP contribution in [0.1, 0.15) is 31.9 Å². The number of hydrogen-bond acceptors (Lipinski definition) is 6. The van der Waals surface area contributed by atoms with Crippen molar-refractivity contribution in [1.82, 2.24) is 5.32 Å². The van der Waals surface area contributed by atoms with Gasteiger partial charge in [-0.1, -0.05) is 42.5 Å². The molecule has 3 N–H and O–H groups in total. The first-order valence-electron chi connectivity index (χ1n) is 9.70. The van der Waals surface area contributed by atoms with Crippen molar-refractivity contribution in [2.75, 3.05) is 18.9 Å². The van der Waals surface area contributed by atoms with Gasteiger partial charge in [0, 0.05) is 17.7 Å². The monoisotopic (exact) mass is 389 g/mol. The molecule has 0 fully saturated rings. The summed E-state index contributed by atoms with van der Waals surface area (Å²) < 4.78 is 6.44. The Morgan fingerprint density at radius 1 is 1.10 bits per heavy atom. The van der Waals surface area contributed by atoms with Gasteiger partial charge in [-0.15, -0.1) is 0 Å². The summed E-state index contributed by atoms with van der Waals surface area (Å²) in [7, 11) is 1.94. The number of benzene rings is 2. The maximum atomic E-state index is 8.16. The second-order valence-electron chi connectivity index (χ2n) is 6.87. The van der Waals surface area contributed by atoms with Crippen molar-refractivity contribution in [3.05, 3.63) is 71.4 Å². The van der Waals surface area contributed by atoms with Gasteiger partial charge in [0.2, 0.25) is 0 Å². The van der Waals surface area contributed by atoms with Gasteiger partial charge in [0.05, 0.1) is 23.3 Å². The molecule has 0 amide bonds. The van der Waals surface area contributed by atoms with E-state index >= 15 is 0 Å². The Bertz CT molecular complexity index is 947. The zero-order valence-electron chi connectivity index (χ0n) is 17.1. The number of rotatable bonds is 8. The maximum Gasteiger partial charge on any atom is 0.143 e. The topological polar surface area (TPSA) is 81.9 Å². The zero-order valence-corrected chi connectivity index (χ0v) is 17.1. The Morgan fingerprint density at radius 2 is 1.83 bits per heavy atom. The van der Waals surface area contributed by atoms with E-state index in [0.29, 0.717) is 5.71 Å². The largest absolute Gasteiger partial charge is 0.484 e. The van der Waals surface area contributed by atoms with Gasteiger partial charge in [-0.2, -0.15) is 10.2 Å². The Balaban J connectivity index is 1.87. The molecule has 1 aliphatic heterocycles. The predicted octanol–water partition coefficient (Wildman–Crippen LogP) is 4.58. The number of anilines is 1. The van der Waals surface area contributed by atoms with Crippen molar-refractivity contribution in [3.8, 4) is 5.75 Å². The number of para-hydroxylation sites is 2. The normalized spacial score (nSPS) is 16.2. The first-order chi connectivity index (χ1) is 14.1. The molecule has 1 atom stereocenters. The summed E-state index contributed by atoms with van der Waals surface area (Å²) in [6.45, 7) is 4.65. The van der Waals surface area contributed by atoms with Crippen molar-refractivity contribution < 1.29 is 4.74 Å². The molecule has 0 bridgehead atoms. The molecule has 1 heterocycles. The van der Waals surface area contributed by atoms with Gasteiger partial charge in [0.15, 0.2) is 0 Å². The lowest BCUT2D eigenvalue weighted by Crippen LogP contribution is -2.19. The van der Waals surface area contributed by atoms with Crippen LogP contribution in [0.3, 0.4) is 0 Å². The van der Waals surface area contributed by atoms with Crippen LogP contribution in [0.5, 0.6) is 5.75 Å². The maximum absolute atomic E-state index is 8.16. The molecule has 0 saturated carbocycles. The van der Waals surface area contributed by atoms with Crippen LogP contribution >= 0.6 is 0 Å². The third-order valence-electron chi connectivity index (χ3n) is 4.71. The summed E-state index contributed by atoms with van der Waals surface area (Å²) in [5, 5.41) is 22.7. The Kier molecular flexibility index (Phi) is 6.92. The highest BCUT2D eigenvalue weighted by Crippen LogP contribution is 2.32. The molecule has 0 aromatic heterocycles. The number of ether oxygens (including phenoxy) is 1. The molecule has 0 saturated heterocycles. The standard InChI is InChI=1S/C23H27N5O/c1-16(23-17(2)28-26-15-19(23)24)27-20-11-7-8-12-22(20)29-21(13-14-25-3)18-9-5-4-6-10-18/h4-12,15,21,24-25,27H,13-14H2,1-3H3/b23-16-,24-19?. The molecule has 150 valence electrons. The van der Waals surface area contributed by atoms with Crippen molar-refractivity contribution >= 4 is 23.3 Å². The number of allylic oxidation sites excluding steroid dienone is 2. The minimum Gasteiger partial charge on any atom is -0.484 e. The summed E-state index contributed by atoms with van der Waals surface area (Å²) in [4.78, 5) is 0. The molecule has 0 radical (unpaired) electrons. The van der Waals surface area contributed by atoms with Crippen LogP contribution < -0.4 is 15.4 Å². The van der Waals surface area contributed by atoms with Crippen molar-refractivity contribution in [2.45, 2.75) is 26.4 Å². The van der Waals surface area contributed by atoms with Gasteiger partial charge in [0.1, 0.15) is 11.9 Å². The number of nitrogens with zero attached hydrogens (tertiary/aromatic N) is 2. The minimum absolute atomic E-state index is 0.0667. The molecule has 6 nitrogen and oxygen atoms in total. The van der Waals surface area contributed by atoms with Crippen LogP contribution in [0.2, 0.25) is 0 Å². The van der Waals surface area contributed by atoms with Crippen molar-refractivity contribution in [2.24, 2.45) is 10.2 Å². The third-order valence-corrected chi connectivity index (χ3v) is 4.71. The highest BCUT2D eigenvalue weighted by molar-refractivity contribution is 6.46. The van der Waals surface area contributed by atoms with Crippen LogP contribution in [-0.4, -0.2) is 31.2 Å². The van der Waals surface area contributed by atoms with Gasteiger partial charge in [-0.05, 0) is 45.1 Å². The average molecular weight is 390 g/mol. The van der Waals surface area contributed by atoms with Crippen LogP contribution in [0, 0.1) is 5.41 Å². The molecule has 2 aromatic rings. The van der Waals surface area contributed by atoms with Gasteiger partial charge in [-0.3, -0.25) is 5.41 Å². The second-order valence-corrected chi connectivity index (χ2v) is 6.87. The van der Waals surface area contributed by atoms with Crippen molar-refractivity contribution in [3.63, 3.8) is 0 Å². The molecule has 29 heavy (non-hydrogen) atoms. The molecule has 2 aromatic carbocycles. The molecule has 1 unspecified atom stereocenters. The van der Waals surface area contributed by atoms with Crippen LogP contribution in [0.25, 0.3) is 0 Å². The lowest BCUT2D eigenvalue weighted by Gasteiger charge is -2.23. The molecule has 3 rings (SSSR count). The van der Waals surface area contributed by atoms with Gasteiger partial charge in [-0.25, -0.2) is 0 Å². The average Bonchev–Trinajstić information content (AvgIpc) is 2.73. The number of hydrogen-bond donors (Lipinski definition) is 3.